The molecule has 8 nitrogen and oxygen atoms in total. The zero-order valence-electron chi connectivity index (χ0n) is 15.8. The minimum Gasteiger partial charge on any atom is -0.497 e. The molecule has 27 heavy (non-hydrogen) atoms. The first kappa shape index (κ1) is 19.4. The number of aliphatic hydroxyl groups is 1. The molecule has 2 heterocycles. The van der Waals surface area contributed by atoms with Crippen LogP contribution in [0.4, 0.5) is 10.5 Å². The van der Waals surface area contributed by atoms with Crippen molar-refractivity contribution in [3.63, 3.8) is 0 Å². The highest BCUT2D eigenvalue weighted by Gasteiger charge is 2.41. The topological polar surface area (TPSA) is 91.3 Å². The molecule has 0 aliphatic carbocycles. The molecule has 3 atom stereocenters. The number of amides is 2. The molecule has 8 heteroatoms. The van der Waals surface area contributed by atoms with Crippen molar-refractivity contribution >= 4 is 17.7 Å². The van der Waals surface area contributed by atoms with Crippen LogP contribution in [-0.2, 0) is 9.53 Å². The van der Waals surface area contributed by atoms with Crippen LogP contribution in [0.15, 0.2) is 24.3 Å². The van der Waals surface area contributed by atoms with Crippen molar-refractivity contribution in [2.75, 3.05) is 38.7 Å². The maximum Gasteiger partial charge on any atom is 0.322 e. The lowest BCUT2D eigenvalue weighted by atomic mass is 9.91. The summed E-state index contributed by atoms with van der Waals surface area (Å²) >= 11 is 0. The zero-order valence-corrected chi connectivity index (χ0v) is 15.8. The average molecular weight is 377 g/mol. The van der Waals surface area contributed by atoms with Crippen molar-refractivity contribution in [2.45, 2.75) is 38.0 Å². The number of nitrogens with one attached hydrogen (secondary N) is 1. The van der Waals surface area contributed by atoms with Gasteiger partial charge >= 0.3 is 12.0 Å². The Balaban J connectivity index is 1.69. The van der Waals surface area contributed by atoms with Gasteiger partial charge in [0.1, 0.15) is 11.9 Å². The first-order valence-corrected chi connectivity index (χ1v) is 9.24. The number of anilines is 1. The molecule has 2 aliphatic heterocycles. The monoisotopic (exact) mass is 377 g/mol. The number of esters is 1. The van der Waals surface area contributed by atoms with Gasteiger partial charge in [0.15, 0.2) is 0 Å². The van der Waals surface area contributed by atoms with Gasteiger partial charge in [0.2, 0.25) is 0 Å². The van der Waals surface area contributed by atoms with E-state index in [2.05, 4.69) is 10.2 Å². The number of carbonyl (C=O) groups is 2. The van der Waals surface area contributed by atoms with Crippen LogP contribution in [0.2, 0.25) is 0 Å². The van der Waals surface area contributed by atoms with E-state index in [4.69, 9.17) is 9.47 Å². The second-order valence-electron chi connectivity index (χ2n) is 7.05. The van der Waals surface area contributed by atoms with Crippen LogP contribution in [0.25, 0.3) is 0 Å². The molecule has 148 valence electrons. The second-order valence-corrected chi connectivity index (χ2v) is 7.05. The van der Waals surface area contributed by atoms with Crippen molar-refractivity contribution in [3.8, 4) is 5.75 Å². The number of benzene rings is 1. The summed E-state index contributed by atoms with van der Waals surface area (Å²) < 4.78 is 10.5. The molecule has 0 spiro atoms. The van der Waals surface area contributed by atoms with Crippen LogP contribution >= 0.6 is 0 Å². The number of aliphatic hydroxyl groups excluding tert-OH is 1. The summed E-state index contributed by atoms with van der Waals surface area (Å²) in [5, 5.41) is 12.4. The van der Waals surface area contributed by atoms with E-state index in [0.717, 1.165) is 13.0 Å². The number of hydrogen-bond acceptors (Lipinski definition) is 6. The standard InChI is InChI=1S/C19H27N3O5/c1-13(24)27-18-7-8-22-15(9-16(22)12-23)10-21(11-18)19(25)20-14-3-5-17(26-2)6-4-14/h3-6,15-16,18,23H,7-12H2,1-2H3,(H,20,25)/t15-,16+,18?/m1/s1. The summed E-state index contributed by atoms with van der Waals surface area (Å²) in [6.45, 7) is 3.13. The molecule has 2 aliphatic rings. The molecule has 3 rings (SSSR count). The van der Waals surface area contributed by atoms with Gasteiger partial charge in [0.25, 0.3) is 0 Å². The lowest BCUT2D eigenvalue weighted by Crippen LogP contribution is -2.64. The molecule has 0 aromatic heterocycles. The SMILES string of the molecule is COc1ccc(NC(=O)N2CC(OC(C)=O)CCN3[C@H](CO)C[C@@H]3C2)cc1. The maximum absolute atomic E-state index is 12.8. The van der Waals surface area contributed by atoms with Gasteiger partial charge in [-0.15, -0.1) is 0 Å². The van der Waals surface area contributed by atoms with Gasteiger partial charge in [0, 0.05) is 37.8 Å². The zero-order chi connectivity index (χ0) is 19.4. The van der Waals surface area contributed by atoms with E-state index in [0.29, 0.717) is 30.9 Å². The predicted molar refractivity (Wildman–Crippen MR) is 99.7 cm³/mol. The number of urea groups is 1. The van der Waals surface area contributed by atoms with Gasteiger partial charge < -0.3 is 24.8 Å². The lowest BCUT2D eigenvalue weighted by Gasteiger charge is -2.51. The Hall–Kier alpha value is -2.32. The van der Waals surface area contributed by atoms with Crippen molar-refractivity contribution in [1.29, 1.82) is 0 Å². The van der Waals surface area contributed by atoms with Gasteiger partial charge in [-0.3, -0.25) is 9.69 Å². The van der Waals surface area contributed by atoms with Crippen molar-refractivity contribution < 1.29 is 24.2 Å². The minimum absolute atomic E-state index is 0.104. The van der Waals surface area contributed by atoms with Gasteiger partial charge in [-0.2, -0.15) is 0 Å². The minimum atomic E-state index is -0.356. The molecule has 0 radical (unpaired) electrons. The van der Waals surface area contributed by atoms with Crippen LogP contribution in [0.1, 0.15) is 19.8 Å². The van der Waals surface area contributed by atoms with Crippen LogP contribution in [0.5, 0.6) is 5.75 Å². The first-order valence-electron chi connectivity index (χ1n) is 9.24. The number of hydrogen-bond donors (Lipinski definition) is 2. The third kappa shape index (κ3) is 4.70. The highest BCUT2D eigenvalue weighted by Crippen LogP contribution is 2.29. The number of rotatable bonds is 4. The molecule has 0 saturated carbocycles. The average Bonchev–Trinajstić information content (AvgIpc) is 2.62. The number of methoxy groups -OCH3 is 1. The molecule has 1 aromatic carbocycles. The van der Waals surface area contributed by atoms with Gasteiger partial charge in [0.05, 0.1) is 20.3 Å². The molecule has 2 amide bonds. The van der Waals surface area contributed by atoms with E-state index in [1.54, 1.807) is 36.3 Å². The summed E-state index contributed by atoms with van der Waals surface area (Å²) in [5.41, 5.74) is 0.672. The number of ether oxygens (including phenoxy) is 2. The highest BCUT2D eigenvalue weighted by atomic mass is 16.5. The molecule has 1 unspecified atom stereocenters. The van der Waals surface area contributed by atoms with E-state index < -0.39 is 0 Å². The summed E-state index contributed by atoms with van der Waals surface area (Å²) in [6, 6.07) is 7.24. The van der Waals surface area contributed by atoms with Crippen LogP contribution in [-0.4, -0.2) is 78.4 Å². The quantitative estimate of drug-likeness (QED) is 0.769. The predicted octanol–water partition coefficient (Wildman–Crippen LogP) is 1.30. The van der Waals surface area contributed by atoms with Gasteiger partial charge in [-0.05, 0) is 37.1 Å². The third-order valence-corrected chi connectivity index (χ3v) is 5.22. The smallest absolute Gasteiger partial charge is 0.322 e. The lowest BCUT2D eigenvalue weighted by molar-refractivity contribution is -0.149. The fraction of sp³-hybridized carbons (Fsp3) is 0.579. The molecule has 2 fully saturated rings. The van der Waals surface area contributed by atoms with E-state index in [9.17, 15) is 14.7 Å². The Morgan fingerprint density at radius 2 is 2.00 bits per heavy atom. The van der Waals surface area contributed by atoms with Crippen LogP contribution < -0.4 is 10.1 Å². The number of nitrogens with zero attached hydrogens (tertiary/aromatic N) is 2. The van der Waals surface area contributed by atoms with Crippen LogP contribution in [0.3, 0.4) is 0 Å². The van der Waals surface area contributed by atoms with E-state index in [1.165, 1.54) is 6.92 Å². The molecular formula is C19H27N3O5. The Morgan fingerprint density at radius 1 is 1.26 bits per heavy atom. The molecular weight excluding hydrogens is 350 g/mol. The van der Waals surface area contributed by atoms with Gasteiger partial charge in [-0.1, -0.05) is 0 Å². The van der Waals surface area contributed by atoms with Crippen LogP contribution in [0, 0.1) is 0 Å². The summed E-state index contributed by atoms with van der Waals surface area (Å²) in [7, 11) is 1.59. The number of carbonyl (C=O) groups excluding carboxylic acids is 2. The third-order valence-electron chi connectivity index (χ3n) is 5.22. The Morgan fingerprint density at radius 3 is 2.63 bits per heavy atom. The van der Waals surface area contributed by atoms with E-state index in [1.807, 2.05) is 0 Å². The van der Waals surface area contributed by atoms with Crippen molar-refractivity contribution in [1.82, 2.24) is 9.80 Å². The molecule has 2 N–H and O–H groups in total. The van der Waals surface area contributed by atoms with Gasteiger partial charge in [-0.25, -0.2) is 4.79 Å². The largest absolute Gasteiger partial charge is 0.497 e. The fourth-order valence-electron chi connectivity index (χ4n) is 3.80. The van der Waals surface area contributed by atoms with Crippen molar-refractivity contribution in [2.24, 2.45) is 0 Å². The fourth-order valence-corrected chi connectivity index (χ4v) is 3.80. The van der Waals surface area contributed by atoms with E-state index in [-0.39, 0.29) is 36.8 Å². The molecule has 0 bridgehead atoms. The second kappa shape index (κ2) is 8.58. The first-order chi connectivity index (χ1) is 13.0. The highest BCUT2D eigenvalue weighted by molar-refractivity contribution is 5.89. The Bertz CT molecular complexity index is 666. The number of fused-ring (bicyclic) bond motifs is 1. The maximum atomic E-state index is 12.8. The summed E-state index contributed by atoms with van der Waals surface area (Å²) in [6.07, 6.45) is 1.14. The normalized spacial score (nSPS) is 25.4. The molecule has 2 saturated heterocycles. The Kier molecular flexibility index (Phi) is 6.18. The Labute approximate surface area is 159 Å². The van der Waals surface area contributed by atoms with Crippen molar-refractivity contribution in [3.05, 3.63) is 24.3 Å². The summed E-state index contributed by atoms with van der Waals surface area (Å²) in [4.78, 5) is 28.1. The summed E-state index contributed by atoms with van der Waals surface area (Å²) in [5.74, 6) is 0.365. The molecule has 1 aromatic rings. The van der Waals surface area contributed by atoms with E-state index >= 15 is 0 Å².